The molecule has 3 aromatic rings. The van der Waals surface area contributed by atoms with Gasteiger partial charge in [-0.15, -0.1) is 0 Å². The van der Waals surface area contributed by atoms with Gasteiger partial charge in [0.25, 0.3) is 0 Å². The molecular weight excluding hydrogens is 363 g/mol. The SMILES string of the molecule is Cc1ccc(-c2cnc(-c3cc(F)c(C#CC(F)(F)F)c(F)c3)nc2)cc1. The van der Waals surface area contributed by atoms with Crippen LogP contribution in [0.3, 0.4) is 0 Å². The van der Waals surface area contributed by atoms with Crippen LogP contribution in [0.2, 0.25) is 0 Å². The van der Waals surface area contributed by atoms with Gasteiger partial charge in [-0.3, -0.25) is 0 Å². The lowest BCUT2D eigenvalue weighted by molar-refractivity contribution is -0.0696. The molecule has 3 rings (SSSR count). The molecule has 1 aromatic heterocycles. The lowest BCUT2D eigenvalue weighted by Gasteiger charge is -2.06. The summed E-state index contributed by atoms with van der Waals surface area (Å²) >= 11 is 0. The first kappa shape index (κ1) is 18.5. The molecule has 0 amide bonds. The normalized spacial score (nSPS) is 11.0. The van der Waals surface area contributed by atoms with E-state index in [9.17, 15) is 22.0 Å². The zero-order chi connectivity index (χ0) is 19.6. The van der Waals surface area contributed by atoms with Crippen molar-refractivity contribution in [3.8, 4) is 34.4 Å². The Morgan fingerprint density at radius 2 is 1.37 bits per heavy atom. The molecule has 27 heavy (non-hydrogen) atoms. The Morgan fingerprint density at radius 3 is 1.89 bits per heavy atom. The van der Waals surface area contributed by atoms with Crippen molar-refractivity contribution in [1.29, 1.82) is 0 Å². The highest BCUT2D eigenvalue weighted by molar-refractivity contribution is 5.64. The maximum absolute atomic E-state index is 14.0. The Morgan fingerprint density at radius 1 is 0.815 bits per heavy atom. The molecular formula is C20H11F5N2. The summed E-state index contributed by atoms with van der Waals surface area (Å²) in [6, 6.07) is 9.33. The molecule has 0 unspecified atom stereocenters. The topological polar surface area (TPSA) is 25.8 Å². The molecule has 0 bridgehead atoms. The predicted octanol–water partition coefficient (Wildman–Crippen LogP) is 5.31. The quantitative estimate of drug-likeness (QED) is 0.449. The first-order valence-electron chi connectivity index (χ1n) is 7.71. The smallest absolute Gasteiger partial charge is 0.236 e. The second-order valence-electron chi connectivity index (χ2n) is 5.72. The molecule has 7 heteroatoms. The number of aromatic nitrogens is 2. The molecule has 0 aliphatic carbocycles. The van der Waals surface area contributed by atoms with Crippen molar-refractivity contribution >= 4 is 0 Å². The number of hydrogen-bond donors (Lipinski definition) is 0. The first-order chi connectivity index (χ1) is 12.7. The second-order valence-corrected chi connectivity index (χ2v) is 5.72. The molecule has 0 spiro atoms. The van der Waals surface area contributed by atoms with Crippen molar-refractivity contribution in [2.45, 2.75) is 13.1 Å². The molecule has 0 fully saturated rings. The van der Waals surface area contributed by atoms with E-state index in [1.54, 1.807) is 0 Å². The van der Waals surface area contributed by atoms with Crippen LogP contribution < -0.4 is 0 Å². The minimum absolute atomic E-state index is 0.00184. The largest absolute Gasteiger partial charge is 0.458 e. The predicted molar refractivity (Wildman–Crippen MR) is 90.5 cm³/mol. The van der Waals surface area contributed by atoms with E-state index >= 15 is 0 Å². The Balaban J connectivity index is 1.92. The van der Waals surface area contributed by atoms with Gasteiger partial charge in [-0.05, 0) is 24.6 Å². The summed E-state index contributed by atoms with van der Waals surface area (Å²) in [6.45, 7) is 1.95. The highest BCUT2D eigenvalue weighted by atomic mass is 19.4. The molecule has 0 N–H and O–H groups in total. The van der Waals surface area contributed by atoms with Crippen LogP contribution in [-0.4, -0.2) is 16.1 Å². The molecule has 0 atom stereocenters. The van der Waals surface area contributed by atoms with Crippen LogP contribution in [0.15, 0.2) is 48.8 Å². The summed E-state index contributed by atoms with van der Waals surface area (Å²) in [5.41, 5.74) is 1.73. The summed E-state index contributed by atoms with van der Waals surface area (Å²) in [7, 11) is 0. The summed E-state index contributed by atoms with van der Waals surface area (Å²) in [6.07, 6.45) is -1.84. The van der Waals surface area contributed by atoms with Crippen molar-refractivity contribution in [3.05, 3.63) is 71.6 Å². The third-order valence-electron chi connectivity index (χ3n) is 3.67. The van der Waals surface area contributed by atoms with Crippen molar-refractivity contribution in [2.24, 2.45) is 0 Å². The Hall–Kier alpha value is -3.27. The average Bonchev–Trinajstić information content (AvgIpc) is 2.61. The monoisotopic (exact) mass is 374 g/mol. The maximum Gasteiger partial charge on any atom is 0.458 e. The average molecular weight is 374 g/mol. The van der Waals surface area contributed by atoms with Gasteiger partial charge >= 0.3 is 6.18 Å². The Bertz CT molecular complexity index is 1000. The lowest BCUT2D eigenvalue weighted by Crippen LogP contribution is -2.02. The summed E-state index contributed by atoms with van der Waals surface area (Å²) in [5.74, 6) is -0.0724. The summed E-state index contributed by atoms with van der Waals surface area (Å²) in [4.78, 5) is 8.17. The van der Waals surface area contributed by atoms with E-state index in [1.807, 2.05) is 31.2 Å². The number of aryl methyl sites for hydroxylation is 1. The fourth-order valence-electron chi connectivity index (χ4n) is 2.33. The van der Waals surface area contributed by atoms with E-state index in [0.29, 0.717) is 5.56 Å². The minimum Gasteiger partial charge on any atom is -0.236 e. The summed E-state index contributed by atoms with van der Waals surface area (Å²) < 4.78 is 64.3. The van der Waals surface area contributed by atoms with Gasteiger partial charge in [0.15, 0.2) is 5.82 Å². The molecule has 0 aliphatic rings. The number of alkyl halides is 3. The van der Waals surface area contributed by atoms with Crippen LogP contribution in [0.4, 0.5) is 22.0 Å². The van der Waals surface area contributed by atoms with Crippen LogP contribution in [0, 0.1) is 30.4 Å². The molecule has 0 radical (unpaired) electrons. The zero-order valence-corrected chi connectivity index (χ0v) is 13.9. The number of hydrogen-bond acceptors (Lipinski definition) is 2. The van der Waals surface area contributed by atoms with Gasteiger partial charge in [0.2, 0.25) is 0 Å². The van der Waals surface area contributed by atoms with Gasteiger partial charge in [0, 0.05) is 29.4 Å². The van der Waals surface area contributed by atoms with Gasteiger partial charge in [-0.25, -0.2) is 18.7 Å². The van der Waals surface area contributed by atoms with E-state index in [2.05, 4.69) is 9.97 Å². The van der Waals surface area contributed by atoms with E-state index in [0.717, 1.165) is 29.2 Å². The van der Waals surface area contributed by atoms with Crippen LogP contribution in [0.1, 0.15) is 11.1 Å². The molecule has 0 aliphatic heterocycles. The number of halogens is 5. The fourth-order valence-corrected chi connectivity index (χ4v) is 2.33. The molecule has 0 saturated carbocycles. The third-order valence-corrected chi connectivity index (χ3v) is 3.67. The van der Waals surface area contributed by atoms with Gasteiger partial charge in [0.1, 0.15) is 11.6 Å². The minimum atomic E-state index is -4.84. The maximum atomic E-state index is 14.0. The van der Waals surface area contributed by atoms with Crippen molar-refractivity contribution in [1.82, 2.24) is 9.97 Å². The number of nitrogens with zero attached hydrogens (tertiary/aromatic N) is 2. The van der Waals surface area contributed by atoms with Crippen LogP contribution in [-0.2, 0) is 0 Å². The van der Waals surface area contributed by atoms with Gasteiger partial charge < -0.3 is 0 Å². The Labute approximate surface area is 151 Å². The third kappa shape index (κ3) is 4.47. The molecule has 2 aromatic carbocycles. The van der Waals surface area contributed by atoms with Gasteiger partial charge in [-0.1, -0.05) is 35.7 Å². The highest BCUT2D eigenvalue weighted by Gasteiger charge is 2.23. The highest BCUT2D eigenvalue weighted by Crippen LogP contribution is 2.24. The number of rotatable bonds is 2. The van der Waals surface area contributed by atoms with E-state index in [4.69, 9.17) is 0 Å². The van der Waals surface area contributed by atoms with Crippen LogP contribution in [0.5, 0.6) is 0 Å². The zero-order valence-electron chi connectivity index (χ0n) is 13.9. The standard InChI is InChI=1S/C20H11F5N2/c1-12-2-4-13(5-3-12)15-10-26-19(27-11-15)14-8-17(21)16(18(22)9-14)6-7-20(23,24)25/h2-5,8-11H,1H3. The van der Waals surface area contributed by atoms with Crippen molar-refractivity contribution in [2.75, 3.05) is 0 Å². The molecule has 136 valence electrons. The van der Waals surface area contributed by atoms with Gasteiger partial charge in [-0.2, -0.15) is 13.2 Å². The van der Waals surface area contributed by atoms with Crippen LogP contribution in [0.25, 0.3) is 22.5 Å². The first-order valence-corrected chi connectivity index (χ1v) is 7.71. The fraction of sp³-hybridized carbons (Fsp3) is 0.100. The number of benzene rings is 2. The molecule has 0 saturated heterocycles. The molecule has 2 nitrogen and oxygen atoms in total. The van der Waals surface area contributed by atoms with Gasteiger partial charge in [0.05, 0.1) is 5.56 Å². The van der Waals surface area contributed by atoms with E-state index in [1.165, 1.54) is 18.3 Å². The van der Waals surface area contributed by atoms with Crippen molar-refractivity contribution in [3.63, 3.8) is 0 Å². The van der Waals surface area contributed by atoms with E-state index < -0.39 is 23.4 Å². The van der Waals surface area contributed by atoms with Crippen LogP contribution >= 0.6 is 0 Å². The Kier molecular flexibility index (Phi) is 4.91. The molecule has 1 heterocycles. The lowest BCUT2D eigenvalue weighted by atomic mass is 10.1. The van der Waals surface area contributed by atoms with Crippen molar-refractivity contribution < 1.29 is 22.0 Å². The summed E-state index contributed by atoms with van der Waals surface area (Å²) in [5, 5.41) is 0. The van der Waals surface area contributed by atoms with E-state index in [-0.39, 0.29) is 11.4 Å². The second kappa shape index (κ2) is 7.16.